The Morgan fingerprint density at radius 3 is 2.50 bits per heavy atom. The fourth-order valence-electron chi connectivity index (χ4n) is 1.92. The third-order valence-electron chi connectivity index (χ3n) is 3.00. The number of nitrogens with two attached hydrogens (primary N) is 1. The lowest BCUT2D eigenvalue weighted by molar-refractivity contribution is -0.123. The second-order valence-corrected chi connectivity index (χ2v) is 6.10. The Hall–Kier alpha value is -1.14. The maximum atomic E-state index is 12.1. The first kappa shape index (κ1) is 20.9. The van der Waals surface area contributed by atoms with E-state index in [0.29, 0.717) is 6.42 Å². The quantitative estimate of drug-likeness (QED) is 0.859. The minimum atomic E-state index is -0.541. The van der Waals surface area contributed by atoms with Gasteiger partial charge in [-0.15, -0.1) is 36.2 Å². The van der Waals surface area contributed by atoms with Gasteiger partial charge in [0.1, 0.15) is 5.01 Å². The number of carbonyl (C=O) groups excluding carboxylic acids is 1. The predicted octanol–water partition coefficient (Wildman–Crippen LogP) is 3.04. The monoisotopic (exact) mass is 361 g/mol. The third-order valence-corrected chi connectivity index (χ3v) is 4.10. The zero-order chi connectivity index (χ0) is 14.5. The van der Waals surface area contributed by atoms with E-state index in [1.165, 1.54) is 0 Å². The van der Waals surface area contributed by atoms with Gasteiger partial charge in [0.15, 0.2) is 0 Å². The van der Waals surface area contributed by atoms with Crippen LogP contribution in [0.4, 0.5) is 0 Å². The van der Waals surface area contributed by atoms with Crippen molar-refractivity contribution < 1.29 is 4.79 Å². The molecule has 2 rings (SSSR count). The molecule has 1 aromatic heterocycles. The number of hydrogen-bond donors (Lipinski definition) is 2. The minimum absolute atomic E-state index is 0. The fourth-order valence-corrected chi connectivity index (χ4v) is 2.69. The van der Waals surface area contributed by atoms with Gasteiger partial charge in [-0.3, -0.25) is 4.79 Å². The van der Waals surface area contributed by atoms with Crippen molar-refractivity contribution in [3.63, 3.8) is 0 Å². The van der Waals surface area contributed by atoms with Gasteiger partial charge in [-0.05, 0) is 25.8 Å². The number of halogens is 2. The van der Waals surface area contributed by atoms with Crippen LogP contribution in [0, 0.1) is 6.92 Å². The number of thiazole rings is 1. The SMILES string of the molecule is Cc1cnc(C(C)NC(=O)[C@@H](N)Cc2ccccc2)s1.Cl.Cl. The molecule has 3 N–H and O–H groups in total. The smallest absolute Gasteiger partial charge is 0.237 e. The van der Waals surface area contributed by atoms with Crippen LogP contribution in [-0.4, -0.2) is 16.9 Å². The van der Waals surface area contributed by atoms with Crippen molar-refractivity contribution in [3.05, 3.63) is 52.0 Å². The van der Waals surface area contributed by atoms with Gasteiger partial charge in [-0.25, -0.2) is 4.98 Å². The van der Waals surface area contributed by atoms with E-state index in [2.05, 4.69) is 10.3 Å². The maximum absolute atomic E-state index is 12.1. The van der Waals surface area contributed by atoms with Gasteiger partial charge >= 0.3 is 0 Å². The summed E-state index contributed by atoms with van der Waals surface area (Å²) >= 11 is 1.59. The van der Waals surface area contributed by atoms with Crippen molar-refractivity contribution >= 4 is 42.1 Å². The highest BCUT2D eigenvalue weighted by molar-refractivity contribution is 7.11. The summed E-state index contributed by atoms with van der Waals surface area (Å²) in [5.74, 6) is -0.144. The molecule has 2 aromatic rings. The van der Waals surface area contributed by atoms with E-state index >= 15 is 0 Å². The van der Waals surface area contributed by atoms with Crippen molar-refractivity contribution in [3.8, 4) is 0 Å². The molecule has 1 amide bonds. The lowest BCUT2D eigenvalue weighted by Crippen LogP contribution is -2.42. The molecular weight excluding hydrogens is 341 g/mol. The molecule has 122 valence electrons. The molecule has 0 radical (unpaired) electrons. The van der Waals surface area contributed by atoms with Gasteiger partial charge in [-0.1, -0.05) is 30.3 Å². The zero-order valence-electron chi connectivity index (χ0n) is 12.5. The summed E-state index contributed by atoms with van der Waals surface area (Å²) < 4.78 is 0. The van der Waals surface area contributed by atoms with Crippen LogP contribution in [0.5, 0.6) is 0 Å². The molecule has 1 unspecified atom stereocenters. The first-order valence-electron chi connectivity index (χ1n) is 6.58. The molecule has 1 heterocycles. The van der Waals surface area contributed by atoms with Crippen LogP contribution in [0.1, 0.15) is 28.4 Å². The molecule has 0 aliphatic carbocycles. The number of rotatable bonds is 5. The van der Waals surface area contributed by atoms with Crippen molar-refractivity contribution in [1.82, 2.24) is 10.3 Å². The summed E-state index contributed by atoms with van der Waals surface area (Å²) in [5.41, 5.74) is 7.01. The first-order valence-corrected chi connectivity index (χ1v) is 7.40. The van der Waals surface area contributed by atoms with Crippen LogP contribution in [0.2, 0.25) is 0 Å². The molecule has 0 saturated heterocycles. The minimum Gasteiger partial charge on any atom is -0.346 e. The number of aromatic nitrogens is 1. The van der Waals surface area contributed by atoms with Crippen molar-refractivity contribution in [2.24, 2.45) is 5.73 Å². The van der Waals surface area contributed by atoms with E-state index in [1.54, 1.807) is 11.3 Å². The van der Waals surface area contributed by atoms with E-state index in [-0.39, 0.29) is 36.8 Å². The van der Waals surface area contributed by atoms with Crippen LogP contribution in [-0.2, 0) is 11.2 Å². The van der Waals surface area contributed by atoms with Crippen LogP contribution in [0.3, 0.4) is 0 Å². The summed E-state index contributed by atoms with van der Waals surface area (Å²) in [6.45, 7) is 3.92. The summed E-state index contributed by atoms with van der Waals surface area (Å²) in [6, 6.07) is 9.13. The summed E-state index contributed by atoms with van der Waals surface area (Å²) in [7, 11) is 0. The maximum Gasteiger partial charge on any atom is 0.237 e. The Morgan fingerprint density at radius 1 is 1.32 bits per heavy atom. The highest BCUT2D eigenvalue weighted by atomic mass is 35.5. The van der Waals surface area contributed by atoms with Gasteiger partial charge < -0.3 is 11.1 Å². The van der Waals surface area contributed by atoms with Gasteiger partial charge in [0.2, 0.25) is 5.91 Å². The second-order valence-electron chi connectivity index (χ2n) is 4.84. The Bertz CT molecular complexity index is 577. The molecule has 0 spiro atoms. The van der Waals surface area contributed by atoms with Gasteiger partial charge in [0, 0.05) is 11.1 Å². The average Bonchev–Trinajstić information content (AvgIpc) is 2.86. The number of nitrogens with zero attached hydrogens (tertiary/aromatic N) is 1. The molecule has 0 saturated carbocycles. The zero-order valence-corrected chi connectivity index (χ0v) is 14.9. The average molecular weight is 362 g/mol. The topological polar surface area (TPSA) is 68.0 Å². The Balaban J connectivity index is 0.00000220. The van der Waals surface area contributed by atoms with E-state index < -0.39 is 6.04 Å². The normalized spacial score (nSPS) is 12.5. The third kappa shape index (κ3) is 5.93. The molecule has 0 bridgehead atoms. The Labute approximate surface area is 147 Å². The molecule has 0 aliphatic rings. The van der Waals surface area contributed by atoms with E-state index in [9.17, 15) is 4.79 Å². The van der Waals surface area contributed by atoms with Crippen LogP contribution in [0.25, 0.3) is 0 Å². The van der Waals surface area contributed by atoms with Crippen LogP contribution >= 0.6 is 36.2 Å². The van der Waals surface area contributed by atoms with E-state index in [0.717, 1.165) is 15.4 Å². The molecule has 22 heavy (non-hydrogen) atoms. The lowest BCUT2D eigenvalue weighted by Gasteiger charge is -2.16. The number of nitrogens with one attached hydrogen (secondary N) is 1. The number of aryl methyl sites for hydroxylation is 1. The molecule has 0 aliphatic heterocycles. The first-order chi connectivity index (χ1) is 9.56. The number of amides is 1. The van der Waals surface area contributed by atoms with Gasteiger partial charge in [-0.2, -0.15) is 0 Å². The summed E-state index contributed by atoms with van der Waals surface area (Å²) in [5, 5.41) is 3.82. The second kappa shape index (κ2) is 9.79. The molecule has 4 nitrogen and oxygen atoms in total. The highest BCUT2D eigenvalue weighted by Crippen LogP contribution is 2.18. The number of hydrogen-bond acceptors (Lipinski definition) is 4. The number of carbonyl (C=O) groups is 1. The van der Waals surface area contributed by atoms with Gasteiger partial charge in [0.25, 0.3) is 0 Å². The molecule has 2 atom stereocenters. The summed E-state index contributed by atoms with van der Waals surface area (Å²) in [6.07, 6.45) is 2.35. The fraction of sp³-hybridized carbons (Fsp3) is 0.333. The van der Waals surface area contributed by atoms with Crippen molar-refractivity contribution in [2.45, 2.75) is 32.4 Å². The van der Waals surface area contributed by atoms with E-state index in [1.807, 2.05) is 50.4 Å². The highest BCUT2D eigenvalue weighted by Gasteiger charge is 2.18. The van der Waals surface area contributed by atoms with E-state index in [4.69, 9.17) is 5.73 Å². The van der Waals surface area contributed by atoms with Crippen LogP contribution < -0.4 is 11.1 Å². The standard InChI is InChI=1S/C15H19N3OS.2ClH/c1-10-9-17-15(20-10)11(2)18-14(19)13(16)8-12-6-4-3-5-7-12;;/h3-7,9,11,13H,8,16H2,1-2H3,(H,18,19);2*1H/t11?,13-;;/m0../s1. The Kier molecular flexibility index (Phi) is 9.28. The molecule has 0 fully saturated rings. The Morgan fingerprint density at radius 2 is 1.95 bits per heavy atom. The lowest BCUT2D eigenvalue weighted by atomic mass is 10.1. The van der Waals surface area contributed by atoms with Crippen molar-refractivity contribution in [2.75, 3.05) is 0 Å². The molecule has 1 aromatic carbocycles. The van der Waals surface area contributed by atoms with Crippen LogP contribution in [0.15, 0.2) is 36.5 Å². The van der Waals surface area contributed by atoms with Gasteiger partial charge in [0.05, 0.1) is 12.1 Å². The summed E-state index contributed by atoms with van der Waals surface area (Å²) in [4.78, 5) is 17.5. The largest absolute Gasteiger partial charge is 0.346 e. The molecular formula is C15H21Cl2N3OS. The number of benzene rings is 1. The molecule has 7 heteroatoms. The predicted molar refractivity (Wildman–Crippen MR) is 96.0 cm³/mol. The van der Waals surface area contributed by atoms with Crippen molar-refractivity contribution in [1.29, 1.82) is 0 Å².